The van der Waals surface area contributed by atoms with Gasteiger partial charge in [0.2, 0.25) is 11.7 Å². The Labute approximate surface area is 460 Å². The van der Waals surface area contributed by atoms with E-state index in [1.807, 2.05) is 60.6 Å². The quantitative estimate of drug-likeness (QED) is 0.0276. The molecule has 0 saturated carbocycles. The zero-order valence-corrected chi connectivity index (χ0v) is 48.9. The maximum absolute atomic E-state index is 14.9. The third kappa shape index (κ3) is 16.3. The number of rotatable bonds is 25. The molecule has 76 heavy (non-hydrogen) atoms. The molecule has 3 N–H and O–H groups in total. The molecule has 4 aliphatic heterocycles. The predicted molar refractivity (Wildman–Crippen MR) is 294 cm³/mol. The summed E-state index contributed by atoms with van der Waals surface area (Å²) in [6, 6.07) is 8.41. The third-order valence-corrected chi connectivity index (χ3v) is 17.7. The Kier molecular flexibility index (Phi) is 24.6. The van der Waals surface area contributed by atoms with Crippen LogP contribution < -0.4 is 10.2 Å². The second-order valence-corrected chi connectivity index (χ2v) is 23.6. The molecule has 0 aromatic heterocycles. The van der Waals surface area contributed by atoms with Gasteiger partial charge in [-0.3, -0.25) is 19.2 Å². The van der Waals surface area contributed by atoms with Crippen LogP contribution in [0.2, 0.25) is 0 Å². The van der Waals surface area contributed by atoms with Crippen LogP contribution in [0.3, 0.4) is 0 Å². The fourth-order valence-electron chi connectivity index (χ4n) is 12.5. The Morgan fingerprint density at radius 1 is 0.895 bits per heavy atom. The van der Waals surface area contributed by atoms with E-state index in [0.29, 0.717) is 70.1 Å². The van der Waals surface area contributed by atoms with Gasteiger partial charge in [-0.25, -0.2) is 4.89 Å². The van der Waals surface area contributed by atoms with Crippen molar-refractivity contribution in [2.75, 3.05) is 37.0 Å². The average Bonchev–Trinajstić information content (AvgIpc) is 3.76. The summed E-state index contributed by atoms with van der Waals surface area (Å²) in [7, 11) is 0. The number of ketones is 1. The van der Waals surface area contributed by atoms with Gasteiger partial charge in [0.25, 0.3) is 0 Å². The van der Waals surface area contributed by atoms with E-state index in [0.717, 1.165) is 43.6 Å². The standard InChI is InChI=1S/C60H97ClN2O13/c1-13-34-63(35-32-61)46-24-22-45(23-25-46)18-17-19-52(65)70-36-33-62-57(68)47(14-2)49-26-21-39(6)55(73-49)42(9)53(66)41(8)54(67)48(15-3)56-40(7)37-38(5)20-27-51(72-44(11)64)60(76-74-56)31-30-58(12,75-60)50-28-29-59(69,16-4)43(10)71-50/h20,22-25,27,38-43,47-51,53,55-56,66,69H,13-19,21,26,28-37H2,1-12H3,(H,62,68)/b27-20-/t38-,39-,40-,41-,42-,43-,47?,48-,49+,50+,51+,53+,55+,56-,58-,59+,60-/m0/s1. The normalized spacial score (nSPS) is 33.5. The number of aryl methyl sites for hydroxylation is 1. The van der Waals surface area contributed by atoms with Crippen LogP contribution in [0.5, 0.6) is 0 Å². The average molecular weight is 1090 g/mol. The van der Waals surface area contributed by atoms with Crippen LogP contribution in [0.25, 0.3) is 0 Å². The molecule has 1 spiro atoms. The maximum Gasteiger partial charge on any atom is 0.305 e. The molecule has 432 valence electrons. The lowest BCUT2D eigenvalue weighted by Gasteiger charge is -2.47. The lowest BCUT2D eigenvalue weighted by atomic mass is 9.74. The number of esters is 2. The summed E-state index contributed by atoms with van der Waals surface area (Å²) in [5.74, 6) is -4.63. The van der Waals surface area contributed by atoms with Crippen molar-refractivity contribution in [1.29, 1.82) is 0 Å². The minimum Gasteiger partial charge on any atom is -0.464 e. The number of anilines is 1. The molecule has 3 fully saturated rings. The number of ether oxygens (including phenoxy) is 5. The van der Waals surface area contributed by atoms with Crippen molar-refractivity contribution in [3.63, 3.8) is 0 Å². The lowest BCUT2D eigenvalue weighted by Crippen LogP contribution is -2.56. The van der Waals surface area contributed by atoms with Crippen molar-refractivity contribution in [3.05, 3.63) is 42.0 Å². The highest BCUT2D eigenvalue weighted by Gasteiger charge is 2.60. The van der Waals surface area contributed by atoms with Gasteiger partial charge in [-0.05, 0) is 132 Å². The van der Waals surface area contributed by atoms with Crippen LogP contribution in [-0.2, 0) is 59.1 Å². The molecule has 17 atom stereocenters. The van der Waals surface area contributed by atoms with Crippen molar-refractivity contribution < 1.29 is 62.9 Å². The van der Waals surface area contributed by atoms with E-state index in [-0.39, 0.29) is 61.1 Å². The number of halogens is 1. The SMILES string of the molecule is CCCN(CCCl)c1ccc(CCCC(=O)OCCNC(=O)C(CC)[C@H]2CC[C@H](C)[C@H]([C@@H](C)[C@H](O)[C@H](C)C(=O)[C@H](CC)[C@H]3OO[C@@]4(CC[C@@](C)([C@H]5CC[C@](O)(CC)[C@H](C)O5)O4)[C@H](OC(C)=O)/C=C\[C@H](C)C[C@@H]3C)O2)cc1. The van der Waals surface area contributed by atoms with Gasteiger partial charge in [0, 0.05) is 62.2 Å². The molecule has 0 aliphatic carbocycles. The number of nitrogens with one attached hydrogen (secondary N) is 1. The van der Waals surface area contributed by atoms with Crippen LogP contribution in [0.4, 0.5) is 5.69 Å². The first-order valence-corrected chi connectivity index (χ1v) is 29.6. The minimum atomic E-state index is -1.57. The Bertz CT molecular complexity index is 2020. The molecule has 0 radical (unpaired) electrons. The van der Waals surface area contributed by atoms with Gasteiger partial charge in [-0.15, -0.1) is 11.6 Å². The molecule has 0 bridgehead atoms. The van der Waals surface area contributed by atoms with Crippen molar-refractivity contribution >= 4 is 40.9 Å². The Morgan fingerprint density at radius 3 is 2.24 bits per heavy atom. The first-order chi connectivity index (χ1) is 36.1. The summed E-state index contributed by atoms with van der Waals surface area (Å²) in [5.41, 5.74) is 0.479. The fraction of sp³-hybridized carbons (Fsp3) is 0.800. The second-order valence-electron chi connectivity index (χ2n) is 23.2. The van der Waals surface area contributed by atoms with E-state index in [9.17, 15) is 29.4 Å². The number of amides is 1. The molecular formula is C60H97ClN2O13. The molecular weight excluding hydrogens is 992 g/mol. The molecule has 4 heterocycles. The van der Waals surface area contributed by atoms with Crippen LogP contribution in [-0.4, -0.2) is 126 Å². The molecule has 3 saturated heterocycles. The molecule has 5 rings (SSSR count). The van der Waals surface area contributed by atoms with Crippen LogP contribution in [0.1, 0.15) is 172 Å². The highest BCUT2D eigenvalue weighted by atomic mass is 35.5. The van der Waals surface area contributed by atoms with Gasteiger partial charge in [-0.2, -0.15) is 4.89 Å². The maximum atomic E-state index is 14.9. The Morgan fingerprint density at radius 2 is 1.61 bits per heavy atom. The first kappa shape index (κ1) is 63.7. The van der Waals surface area contributed by atoms with E-state index in [1.54, 1.807) is 6.92 Å². The number of carbonyl (C=O) groups excluding carboxylic acids is 4. The van der Waals surface area contributed by atoms with Gasteiger partial charge < -0.3 is 44.1 Å². The van der Waals surface area contributed by atoms with Crippen molar-refractivity contribution in [1.82, 2.24) is 5.32 Å². The number of allylic oxidation sites excluding steroid dienone is 1. The number of hydrogen-bond donors (Lipinski definition) is 3. The minimum absolute atomic E-state index is 0.0105. The van der Waals surface area contributed by atoms with Crippen molar-refractivity contribution in [2.45, 2.75) is 233 Å². The predicted octanol–water partition coefficient (Wildman–Crippen LogP) is 10.0. The Hall–Kier alpha value is -3.15. The summed E-state index contributed by atoms with van der Waals surface area (Å²) < 4.78 is 31.6. The molecule has 1 unspecified atom stereocenters. The molecule has 1 aromatic rings. The summed E-state index contributed by atoms with van der Waals surface area (Å²) in [4.78, 5) is 69.1. The smallest absolute Gasteiger partial charge is 0.305 e. The van der Waals surface area contributed by atoms with Crippen LogP contribution in [0.15, 0.2) is 36.4 Å². The van der Waals surface area contributed by atoms with Crippen LogP contribution in [0, 0.1) is 41.4 Å². The second kappa shape index (κ2) is 29.4. The highest BCUT2D eigenvalue weighted by molar-refractivity contribution is 6.18. The van der Waals surface area contributed by atoms with E-state index in [2.05, 4.69) is 55.3 Å². The summed E-state index contributed by atoms with van der Waals surface area (Å²) >= 11 is 6.01. The van der Waals surface area contributed by atoms with Crippen LogP contribution >= 0.6 is 11.6 Å². The topological polar surface area (TPSA) is 189 Å². The monoisotopic (exact) mass is 1090 g/mol. The zero-order chi connectivity index (χ0) is 56.0. The number of hydrogen-bond acceptors (Lipinski definition) is 14. The van der Waals surface area contributed by atoms with Crippen molar-refractivity contribution in [3.8, 4) is 0 Å². The fourth-order valence-corrected chi connectivity index (χ4v) is 12.7. The van der Waals surface area contributed by atoms with E-state index < -0.39 is 83.3 Å². The van der Waals surface area contributed by atoms with Crippen molar-refractivity contribution in [2.24, 2.45) is 41.4 Å². The van der Waals surface area contributed by atoms with Gasteiger partial charge in [0.1, 0.15) is 18.5 Å². The number of nitrogens with zero attached hydrogens (tertiary/aromatic N) is 1. The number of benzene rings is 1. The first-order valence-electron chi connectivity index (χ1n) is 29.1. The lowest BCUT2D eigenvalue weighted by molar-refractivity contribution is -0.468. The van der Waals surface area contributed by atoms with E-state index >= 15 is 0 Å². The number of carbonyl (C=O) groups is 4. The van der Waals surface area contributed by atoms with Gasteiger partial charge in [0.05, 0.1) is 54.2 Å². The third-order valence-electron chi connectivity index (χ3n) is 17.5. The van der Waals surface area contributed by atoms with Gasteiger partial charge >= 0.3 is 11.9 Å². The number of alkyl halides is 1. The molecule has 1 amide bonds. The summed E-state index contributed by atoms with van der Waals surface area (Å²) in [6.07, 6.45) is 7.65. The van der Waals surface area contributed by atoms with Gasteiger partial charge in [0.15, 0.2) is 6.10 Å². The molecule has 15 nitrogen and oxygen atoms in total. The van der Waals surface area contributed by atoms with E-state index in [4.69, 9.17) is 45.1 Å². The molecule has 1 aromatic carbocycles. The number of Topliss-reactive ketones (excluding diaryl/α,β-unsaturated/α-hetero) is 1. The van der Waals surface area contributed by atoms with E-state index in [1.165, 1.54) is 6.92 Å². The molecule has 16 heteroatoms. The zero-order valence-electron chi connectivity index (χ0n) is 48.2. The summed E-state index contributed by atoms with van der Waals surface area (Å²) in [5, 5.41) is 26.3. The highest BCUT2D eigenvalue weighted by Crippen LogP contribution is 2.49. The number of aliphatic hydroxyl groups excluding tert-OH is 1. The Balaban J connectivity index is 1.18. The summed E-state index contributed by atoms with van der Waals surface area (Å²) in [6.45, 7) is 25.1. The molecule has 4 aliphatic rings. The van der Waals surface area contributed by atoms with Gasteiger partial charge in [-0.1, -0.05) is 80.5 Å². The largest absolute Gasteiger partial charge is 0.464 e. The number of aliphatic hydroxyl groups is 2.